The van der Waals surface area contributed by atoms with Crippen LogP contribution in [0.25, 0.3) is 0 Å². The van der Waals surface area contributed by atoms with E-state index < -0.39 is 10.0 Å². The highest BCUT2D eigenvalue weighted by atomic mass is 79.9. The first-order chi connectivity index (χ1) is 12.3. The molecule has 0 bridgehead atoms. The van der Waals surface area contributed by atoms with Gasteiger partial charge in [-0.3, -0.25) is 4.79 Å². The molecule has 0 aromatic heterocycles. The summed E-state index contributed by atoms with van der Waals surface area (Å²) in [5, 5.41) is 0. The van der Waals surface area contributed by atoms with Crippen LogP contribution in [0.3, 0.4) is 0 Å². The minimum Gasteiger partial charge on any atom is -0.312 e. The Morgan fingerprint density at radius 3 is 2.54 bits per heavy atom. The average molecular weight is 437 g/mol. The quantitative estimate of drug-likeness (QED) is 0.719. The van der Waals surface area contributed by atoms with Crippen molar-refractivity contribution in [2.24, 2.45) is 0 Å². The number of amides is 1. The third-order valence-corrected chi connectivity index (χ3v) is 7.46. The standard InChI is InChI=1S/C19H21BrN2O3S/c1-3-21(13-15-7-5-4-6-8-15)26(24,25)19-12-18-16(11-17(19)20)9-10-22(18)14(2)23/h4-8,11-12H,3,9-10,13H2,1-2H3. The van der Waals surface area contributed by atoms with E-state index in [1.807, 2.05) is 43.3 Å². The molecule has 2 aromatic rings. The van der Waals surface area contributed by atoms with Gasteiger partial charge in [-0.2, -0.15) is 4.31 Å². The first kappa shape index (κ1) is 19.1. The predicted octanol–water partition coefficient (Wildman–Crippen LogP) is 3.57. The maximum atomic E-state index is 13.3. The van der Waals surface area contributed by atoms with Crippen molar-refractivity contribution in [2.75, 3.05) is 18.0 Å². The minimum atomic E-state index is -3.70. The van der Waals surface area contributed by atoms with Crippen molar-refractivity contribution in [1.82, 2.24) is 4.31 Å². The van der Waals surface area contributed by atoms with E-state index >= 15 is 0 Å². The lowest BCUT2D eigenvalue weighted by Gasteiger charge is -2.23. The zero-order valence-electron chi connectivity index (χ0n) is 14.8. The van der Waals surface area contributed by atoms with Gasteiger partial charge in [-0.25, -0.2) is 8.42 Å². The molecular weight excluding hydrogens is 416 g/mol. The molecule has 5 nitrogen and oxygen atoms in total. The van der Waals surface area contributed by atoms with Crippen LogP contribution >= 0.6 is 15.9 Å². The first-order valence-electron chi connectivity index (χ1n) is 8.49. The Kier molecular flexibility index (Phi) is 5.50. The topological polar surface area (TPSA) is 57.7 Å². The Hall–Kier alpha value is -1.70. The van der Waals surface area contributed by atoms with Crippen LogP contribution < -0.4 is 4.90 Å². The highest BCUT2D eigenvalue weighted by molar-refractivity contribution is 9.10. The molecule has 0 N–H and O–H groups in total. The number of carbonyl (C=O) groups excluding carboxylic acids is 1. The molecule has 2 aromatic carbocycles. The van der Waals surface area contributed by atoms with Gasteiger partial charge in [0.1, 0.15) is 0 Å². The number of fused-ring (bicyclic) bond motifs is 1. The van der Waals surface area contributed by atoms with E-state index in [1.165, 1.54) is 11.2 Å². The molecule has 0 saturated carbocycles. The molecule has 0 unspecified atom stereocenters. The summed E-state index contributed by atoms with van der Waals surface area (Å²) in [7, 11) is -3.70. The average Bonchev–Trinajstić information content (AvgIpc) is 3.02. The second-order valence-electron chi connectivity index (χ2n) is 6.25. The molecule has 0 fully saturated rings. The first-order valence-corrected chi connectivity index (χ1v) is 10.7. The lowest BCUT2D eigenvalue weighted by molar-refractivity contribution is -0.116. The molecule has 138 valence electrons. The number of rotatable bonds is 5. The SMILES string of the molecule is CCN(Cc1ccccc1)S(=O)(=O)c1cc2c(cc1Br)CCN2C(C)=O. The van der Waals surface area contributed by atoms with Gasteiger partial charge in [0.15, 0.2) is 0 Å². The van der Waals surface area contributed by atoms with Gasteiger partial charge in [-0.15, -0.1) is 0 Å². The fraction of sp³-hybridized carbons (Fsp3) is 0.316. The van der Waals surface area contributed by atoms with Gasteiger partial charge >= 0.3 is 0 Å². The van der Waals surface area contributed by atoms with Crippen molar-refractivity contribution >= 4 is 37.5 Å². The van der Waals surface area contributed by atoms with Crippen LogP contribution in [0, 0.1) is 0 Å². The summed E-state index contributed by atoms with van der Waals surface area (Å²) < 4.78 is 28.5. The van der Waals surface area contributed by atoms with E-state index in [2.05, 4.69) is 15.9 Å². The van der Waals surface area contributed by atoms with E-state index in [9.17, 15) is 13.2 Å². The zero-order chi connectivity index (χ0) is 18.9. The minimum absolute atomic E-state index is 0.0777. The molecule has 1 aliphatic heterocycles. The summed E-state index contributed by atoms with van der Waals surface area (Å²) in [6.45, 7) is 4.57. The molecule has 1 amide bonds. The highest BCUT2D eigenvalue weighted by Gasteiger charge is 2.30. The monoisotopic (exact) mass is 436 g/mol. The summed E-state index contributed by atoms with van der Waals surface area (Å²) in [6, 6.07) is 13.0. The fourth-order valence-corrected chi connectivity index (χ4v) is 5.71. The molecular formula is C19H21BrN2O3S. The van der Waals surface area contributed by atoms with Gasteiger partial charge in [0, 0.05) is 36.7 Å². The molecule has 26 heavy (non-hydrogen) atoms. The maximum Gasteiger partial charge on any atom is 0.244 e. The van der Waals surface area contributed by atoms with Crippen molar-refractivity contribution in [3.8, 4) is 0 Å². The molecule has 0 spiro atoms. The smallest absolute Gasteiger partial charge is 0.244 e. The van der Waals surface area contributed by atoms with E-state index in [0.717, 1.165) is 17.5 Å². The summed E-state index contributed by atoms with van der Waals surface area (Å²) in [5.74, 6) is -0.0777. The molecule has 0 aliphatic carbocycles. The number of benzene rings is 2. The lowest BCUT2D eigenvalue weighted by Crippen LogP contribution is -2.31. The Balaban J connectivity index is 2.01. The Morgan fingerprint density at radius 1 is 1.23 bits per heavy atom. The molecule has 0 atom stereocenters. The van der Waals surface area contributed by atoms with Crippen molar-refractivity contribution in [3.05, 3.63) is 58.1 Å². The van der Waals surface area contributed by atoms with Gasteiger partial charge in [0.2, 0.25) is 15.9 Å². The van der Waals surface area contributed by atoms with Gasteiger partial charge in [0.25, 0.3) is 0 Å². The van der Waals surface area contributed by atoms with Crippen molar-refractivity contribution in [3.63, 3.8) is 0 Å². The second-order valence-corrected chi connectivity index (χ2v) is 9.01. The summed E-state index contributed by atoms with van der Waals surface area (Å²) in [4.78, 5) is 13.7. The van der Waals surface area contributed by atoms with E-state index in [4.69, 9.17) is 0 Å². The summed E-state index contributed by atoms with van der Waals surface area (Å²) in [6.07, 6.45) is 0.731. The van der Waals surface area contributed by atoms with Crippen LogP contribution in [0.5, 0.6) is 0 Å². The lowest BCUT2D eigenvalue weighted by atomic mass is 10.2. The van der Waals surface area contributed by atoms with E-state index in [0.29, 0.717) is 29.8 Å². The number of sulfonamides is 1. The number of carbonyl (C=O) groups is 1. The number of anilines is 1. The molecule has 1 heterocycles. The van der Waals surface area contributed by atoms with E-state index in [-0.39, 0.29) is 10.8 Å². The molecule has 0 saturated heterocycles. The Morgan fingerprint density at radius 2 is 1.92 bits per heavy atom. The molecule has 0 radical (unpaired) electrons. The fourth-order valence-electron chi connectivity index (χ4n) is 3.21. The largest absolute Gasteiger partial charge is 0.312 e. The number of hydrogen-bond donors (Lipinski definition) is 0. The van der Waals surface area contributed by atoms with Gasteiger partial charge < -0.3 is 4.90 Å². The van der Waals surface area contributed by atoms with Crippen molar-refractivity contribution < 1.29 is 13.2 Å². The van der Waals surface area contributed by atoms with Crippen molar-refractivity contribution in [1.29, 1.82) is 0 Å². The van der Waals surface area contributed by atoms with Crippen LogP contribution in [0.2, 0.25) is 0 Å². The van der Waals surface area contributed by atoms with Crippen LogP contribution in [-0.4, -0.2) is 31.7 Å². The number of halogens is 1. The van der Waals surface area contributed by atoms with Crippen LogP contribution in [-0.2, 0) is 27.8 Å². The normalized spacial score (nSPS) is 13.9. The van der Waals surface area contributed by atoms with Gasteiger partial charge in [-0.05, 0) is 45.6 Å². The summed E-state index contributed by atoms with van der Waals surface area (Å²) in [5.41, 5.74) is 2.60. The molecule has 1 aliphatic rings. The Bertz CT molecular complexity index is 929. The number of nitrogens with zero attached hydrogens (tertiary/aromatic N) is 2. The van der Waals surface area contributed by atoms with Crippen LogP contribution in [0.4, 0.5) is 5.69 Å². The van der Waals surface area contributed by atoms with Crippen molar-refractivity contribution in [2.45, 2.75) is 31.7 Å². The zero-order valence-corrected chi connectivity index (χ0v) is 17.2. The Labute approximate surface area is 162 Å². The molecule has 7 heteroatoms. The van der Waals surface area contributed by atoms with Crippen LogP contribution in [0.1, 0.15) is 25.0 Å². The third kappa shape index (κ3) is 3.56. The van der Waals surface area contributed by atoms with Gasteiger partial charge in [0.05, 0.1) is 4.90 Å². The molecule has 3 rings (SSSR count). The summed E-state index contributed by atoms with van der Waals surface area (Å²) >= 11 is 3.42. The number of hydrogen-bond acceptors (Lipinski definition) is 3. The van der Waals surface area contributed by atoms with E-state index in [1.54, 1.807) is 11.0 Å². The third-order valence-electron chi connectivity index (χ3n) is 4.58. The van der Waals surface area contributed by atoms with Crippen LogP contribution in [0.15, 0.2) is 51.8 Å². The maximum absolute atomic E-state index is 13.3. The van der Waals surface area contributed by atoms with Gasteiger partial charge in [-0.1, -0.05) is 37.3 Å². The second kappa shape index (κ2) is 7.50. The predicted molar refractivity (Wildman–Crippen MR) is 106 cm³/mol. The highest BCUT2D eigenvalue weighted by Crippen LogP contribution is 2.36.